The van der Waals surface area contributed by atoms with Crippen LogP contribution in [0.15, 0.2) is 18.5 Å². The van der Waals surface area contributed by atoms with E-state index in [1.54, 1.807) is 0 Å². The third-order valence-electron chi connectivity index (χ3n) is 4.25. The van der Waals surface area contributed by atoms with Gasteiger partial charge in [0.2, 0.25) is 0 Å². The van der Waals surface area contributed by atoms with Gasteiger partial charge >= 0.3 is 0 Å². The zero-order valence-electron chi connectivity index (χ0n) is 13.2. The number of rotatable bonds is 6. The second kappa shape index (κ2) is 7.63. The van der Waals surface area contributed by atoms with E-state index in [0.717, 1.165) is 13.1 Å². The Labute approximate surface area is 123 Å². The fraction of sp³-hybridized carbons (Fsp3) is 0.706. The van der Waals surface area contributed by atoms with Crippen LogP contribution in [-0.4, -0.2) is 23.6 Å². The van der Waals surface area contributed by atoms with Gasteiger partial charge in [-0.3, -0.25) is 4.98 Å². The molecule has 0 bridgehead atoms. The van der Waals surface area contributed by atoms with Crippen LogP contribution in [0.3, 0.4) is 0 Å². The predicted molar refractivity (Wildman–Crippen MR) is 86.1 cm³/mol. The first kappa shape index (κ1) is 15.3. The van der Waals surface area contributed by atoms with Crippen molar-refractivity contribution in [3.8, 4) is 0 Å². The summed E-state index contributed by atoms with van der Waals surface area (Å²) in [6.07, 6.45) is 10.8. The zero-order chi connectivity index (χ0) is 14.4. The van der Waals surface area contributed by atoms with Gasteiger partial charge in [-0.05, 0) is 31.4 Å². The summed E-state index contributed by atoms with van der Waals surface area (Å²) in [7, 11) is 0. The zero-order valence-corrected chi connectivity index (χ0v) is 13.2. The topological polar surface area (TPSA) is 28.2 Å². The second-order valence-corrected chi connectivity index (χ2v) is 6.12. The maximum atomic E-state index is 4.37. The van der Waals surface area contributed by atoms with Gasteiger partial charge in [-0.1, -0.05) is 33.1 Å². The third-order valence-corrected chi connectivity index (χ3v) is 4.25. The van der Waals surface area contributed by atoms with E-state index in [2.05, 4.69) is 48.2 Å². The molecule has 1 heterocycles. The number of hydrogen-bond acceptors (Lipinski definition) is 3. The first-order valence-corrected chi connectivity index (χ1v) is 8.15. The molecule has 0 radical (unpaired) electrons. The molecule has 1 N–H and O–H groups in total. The predicted octanol–water partition coefficient (Wildman–Crippen LogP) is 3.74. The third kappa shape index (κ3) is 3.95. The second-order valence-electron chi connectivity index (χ2n) is 6.12. The summed E-state index contributed by atoms with van der Waals surface area (Å²) in [5.74, 6) is 0. The van der Waals surface area contributed by atoms with Crippen LogP contribution in [0.1, 0.15) is 58.4 Å². The number of aromatic nitrogens is 1. The van der Waals surface area contributed by atoms with Gasteiger partial charge < -0.3 is 10.2 Å². The van der Waals surface area contributed by atoms with E-state index in [9.17, 15) is 0 Å². The van der Waals surface area contributed by atoms with Crippen LogP contribution in [0.4, 0.5) is 5.69 Å². The highest BCUT2D eigenvalue weighted by atomic mass is 15.2. The van der Waals surface area contributed by atoms with Gasteiger partial charge in [0.25, 0.3) is 0 Å². The number of nitrogens with one attached hydrogen (secondary N) is 1. The highest BCUT2D eigenvalue weighted by Gasteiger charge is 2.22. The lowest BCUT2D eigenvalue weighted by atomic mass is 9.93. The molecule has 1 aliphatic rings. The van der Waals surface area contributed by atoms with Gasteiger partial charge in [-0.2, -0.15) is 0 Å². The lowest BCUT2D eigenvalue weighted by molar-refractivity contribution is 0.417. The number of hydrogen-bond donors (Lipinski definition) is 1. The average molecular weight is 275 g/mol. The fourth-order valence-electron chi connectivity index (χ4n) is 3.16. The standard InChI is InChI=1S/C17H29N3/c1-4-20(16-8-6-5-7-9-16)17-13-18-11-10-15(17)12-19-14(2)3/h10-11,13-14,16,19H,4-9,12H2,1-3H3. The van der Waals surface area contributed by atoms with Crippen molar-refractivity contribution in [1.29, 1.82) is 0 Å². The first-order valence-electron chi connectivity index (χ1n) is 8.15. The Morgan fingerprint density at radius 2 is 2.05 bits per heavy atom. The van der Waals surface area contributed by atoms with Crippen molar-refractivity contribution in [3.05, 3.63) is 24.0 Å². The molecule has 0 spiro atoms. The maximum Gasteiger partial charge on any atom is 0.0600 e. The molecule has 0 amide bonds. The van der Waals surface area contributed by atoms with Crippen LogP contribution >= 0.6 is 0 Å². The van der Waals surface area contributed by atoms with Gasteiger partial charge in [0.15, 0.2) is 0 Å². The minimum Gasteiger partial charge on any atom is -0.367 e. The van der Waals surface area contributed by atoms with Crippen molar-refractivity contribution >= 4 is 5.69 Å². The molecule has 3 nitrogen and oxygen atoms in total. The largest absolute Gasteiger partial charge is 0.367 e. The van der Waals surface area contributed by atoms with Crippen molar-refractivity contribution in [1.82, 2.24) is 10.3 Å². The van der Waals surface area contributed by atoms with Crippen LogP contribution in [0.25, 0.3) is 0 Å². The number of pyridine rings is 1. The lowest BCUT2D eigenvalue weighted by Gasteiger charge is -2.36. The van der Waals surface area contributed by atoms with Crippen LogP contribution in [0, 0.1) is 0 Å². The molecule has 20 heavy (non-hydrogen) atoms. The van der Waals surface area contributed by atoms with Crippen LogP contribution in [0.5, 0.6) is 0 Å². The summed E-state index contributed by atoms with van der Waals surface area (Å²) in [5.41, 5.74) is 2.70. The Bertz CT molecular complexity index is 397. The fourth-order valence-corrected chi connectivity index (χ4v) is 3.16. The van der Waals surface area contributed by atoms with E-state index in [-0.39, 0.29) is 0 Å². The molecule has 0 saturated heterocycles. The molecule has 0 aliphatic heterocycles. The Morgan fingerprint density at radius 1 is 1.30 bits per heavy atom. The van der Waals surface area contributed by atoms with E-state index in [1.807, 2.05) is 6.20 Å². The number of nitrogens with zero attached hydrogens (tertiary/aromatic N) is 2. The Kier molecular flexibility index (Phi) is 5.84. The Hall–Kier alpha value is -1.09. The summed E-state index contributed by atoms with van der Waals surface area (Å²) < 4.78 is 0. The summed E-state index contributed by atoms with van der Waals surface area (Å²) in [6.45, 7) is 8.66. The molecule has 1 aromatic rings. The van der Waals surface area contributed by atoms with Gasteiger partial charge in [0.05, 0.1) is 11.9 Å². The van der Waals surface area contributed by atoms with Crippen molar-refractivity contribution in [2.75, 3.05) is 11.4 Å². The average Bonchev–Trinajstić information content (AvgIpc) is 2.48. The molecule has 0 aromatic carbocycles. The molecule has 0 atom stereocenters. The molecule has 1 aliphatic carbocycles. The lowest BCUT2D eigenvalue weighted by Crippen LogP contribution is -2.37. The monoisotopic (exact) mass is 275 g/mol. The highest BCUT2D eigenvalue weighted by molar-refractivity contribution is 5.52. The molecule has 1 aromatic heterocycles. The van der Waals surface area contributed by atoms with E-state index >= 15 is 0 Å². The Morgan fingerprint density at radius 3 is 2.70 bits per heavy atom. The molecule has 112 valence electrons. The maximum absolute atomic E-state index is 4.37. The normalized spacial score (nSPS) is 16.6. The summed E-state index contributed by atoms with van der Waals surface area (Å²) >= 11 is 0. The SMILES string of the molecule is CCN(c1cnccc1CNC(C)C)C1CCCCC1. The minimum absolute atomic E-state index is 0.515. The molecular weight excluding hydrogens is 246 g/mol. The molecule has 0 unspecified atom stereocenters. The first-order chi connectivity index (χ1) is 9.72. The minimum atomic E-state index is 0.515. The van der Waals surface area contributed by atoms with Crippen molar-refractivity contribution in [2.24, 2.45) is 0 Å². The molecule has 1 saturated carbocycles. The molecule has 3 heteroatoms. The molecule has 1 fully saturated rings. The molecular formula is C17H29N3. The van der Waals surface area contributed by atoms with Crippen LogP contribution in [0.2, 0.25) is 0 Å². The van der Waals surface area contributed by atoms with Gasteiger partial charge in [-0.15, -0.1) is 0 Å². The summed E-state index contributed by atoms with van der Waals surface area (Å²) in [5, 5.41) is 3.53. The molecule has 2 rings (SSSR count). The summed E-state index contributed by atoms with van der Waals surface area (Å²) in [4.78, 5) is 6.94. The summed E-state index contributed by atoms with van der Waals surface area (Å²) in [6, 6.07) is 3.38. The highest BCUT2D eigenvalue weighted by Crippen LogP contribution is 2.29. The van der Waals surface area contributed by atoms with Crippen molar-refractivity contribution in [3.63, 3.8) is 0 Å². The van der Waals surface area contributed by atoms with E-state index in [4.69, 9.17) is 0 Å². The van der Waals surface area contributed by atoms with E-state index in [1.165, 1.54) is 43.4 Å². The van der Waals surface area contributed by atoms with E-state index in [0.29, 0.717) is 12.1 Å². The van der Waals surface area contributed by atoms with Gasteiger partial charge in [0, 0.05) is 31.4 Å². The van der Waals surface area contributed by atoms with Gasteiger partial charge in [-0.25, -0.2) is 0 Å². The van der Waals surface area contributed by atoms with E-state index < -0.39 is 0 Å². The van der Waals surface area contributed by atoms with Crippen LogP contribution in [-0.2, 0) is 6.54 Å². The van der Waals surface area contributed by atoms with Crippen LogP contribution < -0.4 is 10.2 Å². The van der Waals surface area contributed by atoms with Gasteiger partial charge in [0.1, 0.15) is 0 Å². The van der Waals surface area contributed by atoms with Crippen molar-refractivity contribution < 1.29 is 0 Å². The Balaban J connectivity index is 2.15. The quantitative estimate of drug-likeness (QED) is 0.857. The smallest absolute Gasteiger partial charge is 0.0600 e. The van der Waals surface area contributed by atoms with Crippen molar-refractivity contribution in [2.45, 2.75) is 71.5 Å². The number of anilines is 1.